The average Bonchev–Trinajstić information content (AvgIpc) is 3.18. The molecule has 2 heterocycles. The Bertz CT molecular complexity index is 1090. The van der Waals surface area contributed by atoms with E-state index in [0.717, 1.165) is 29.9 Å². The summed E-state index contributed by atoms with van der Waals surface area (Å²) >= 11 is 0. The Morgan fingerprint density at radius 2 is 1.74 bits per heavy atom. The van der Waals surface area contributed by atoms with Gasteiger partial charge in [0.2, 0.25) is 10.0 Å². The van der Waals surface area contributed by atoms with Crippen LogP contribution in [0.5, 0.6) is 0 Å². The number of hydrogen-bond donors (Lipinski definition) is 1. The van der Waals surface area contributed by atoms with Gasteiger partial charge in [0.1, 0.15) is 5.82 Å². The Balaban J connectivity index is 1.64. The van der Waals surface area contributed by atoms with E-state index in [1.165, 1.54) is 16.4 Å². The van der Waals surface area contributed by atoms with E-state index in [-0.39, 0.29) is 10.7 Å². The monoisotopic (exact) mass is 385 g/mol. The lowest BCUT2D eigenvalue weighted by Crippen LogP contribution is -2.27. The van der Waals surface area contributed by atoms with Crippen molar-refractivity contribution in [3.63, 3.8) is 0 Å². The molecule has 0 atom stereocenters. The van der Waals surface area contributed by atoms with Crippen LogP contribution in [0.2, 0.25) is 0 Å². The SMILES string of the molecule is Cc1cc(Nc2ccc(S(=O)(=O)N3CCCC3)cc2)c2cc(F)ccc2n1. The highest BCUT2D eigenvalue weighted by Crippen LogP contribution is 2.28. The number of fused-ring (bicyclic) bond motifs is 1. The standard InChI is InChI=1S/C20H20FN3O2S/c1-14-12-20(18-13-15(21)4-9-19(18)22-14)23-16-5-7-17(8-6-16)27(25,26)24-10-2-3-11-24/h4-9,12-13H,2-3,10-11H2,1H3,(H,22,23). The highest BCUT2D eigenvalue weighted by Gasteiger charge is 2.26. The first-order valence-electron chi connectivity index (χ1n) is 8.88. The number of benzene rings is 2. The summed E-state index contributed by atoms with van der Waals surface area (Å²) in [6.45, 7) is 3.03. The minimum absolute atomic E-state index is 0.289. The van der Waals surface area contributed by atoms with Gasteiger partial charge in [-0.25, -0.2) is 12.8 Å². The van der Waals surface area contributed by atoms with E-state index in [0.29, 0.717) is 24.0 Å². The molecule has 0 bridgehead atoms. The first-order chi connectivity index (χ1) is 12.9. The van der Waals surface area contributed by atoms with Gasteiger partial charge >= 0.3 is 0 Å². The molecular formula is C20H20FN3O2S. The second-order valence-corrected chi connectivity index (χ2v) is 8.67. The second kappa shape index (κ2) is 6.90. The third kappa shape index (κ3) is 3.52. The van der Waals surface area contributed by atoms with Gasteiger partial charge in [0.15, 0.2) is 0 Å². The molecule has 1 aromatic heterocycles. The zero-order valence-electron chi connectivity index (χ0n) is 14.9. The molecule has 0 aliphatic carbocycles. The lowest BCUT2D eigenvalue weighted by Gasteiger charge is -2.16. The minimum atomic E-state index is -3.43. The molecule has 0 unspecified atom stereocenters. The predicted octanol–water partition coefficient (Wildman–Crippen LogP) is 4.21. The Morgan fingerprint density at radius 1 is 1.04 bits per heavy atom. The van der Waals surface area contributed by atoms with Crippen LogP contribution in [0.4, 0.5) is 15.8 Å². The maximum Gasteiger partial charge on any atom is 0.243 e. The lowest BCUT2D eigenvalue weighted by atomic mass is 10.1. The van der Waals surface area contributed by atoms with Gasteiger partial charge in [0, 0.05) is 35.5 Å². The number of anilines is 2. The molecule has 4 rings (SSSR count). The Hall–Kier alpha value is -2.51. The molecule has 1 aliphatic heterocycles. The molecule has 3 aromatic rings. The van der Waals surface area contributed by atoms with Crippen LogP contribution >= 0.6 is 0 Å². The molecule has 0 amide bonds. The van der Waals surface area contributed by atoms with E-state index >= 15 is 0 Å². The zero-order valence-corrected chi connectivity index (χ0v) is 15.8. The third-order valence-electron chi connectivity index (χ3n) is 4.73. The molecule has 140 valence electrons. The average molecular weight is 385 g/mol. The van der Waals surface area contributed by atoms with E-state index < -0.39 is 10.0 Å². The molecule has 0 saturated carbocycles. The highest BCUT2D eigenvalue weighted by atomic mass is 32.2. The molecule has 0 spiro atoms. The lowest BCUT2D eigenvalue weighted by molar-refractivity contribution is 0.477. The number of pyridine rings is 1. The molecule has 1 aliphatic rings. The van der Waals surface area contributed by atoms with E-state index in [9.17, 15) is 12.8 Å². The van der Waals surface area contributed by atoms with Crippen LogP contribution in [0.3, 0.4) is 0 Å². The molecule has 1 fully saturated rings. The summed E-state index contributed by atoms with van der Waals surface area (Å²) in [5.41, 5.74) is 2.97. The van der Waals surface area contributed by atoms with E-state index in [2.05, 4.69) is 10.3 Å². The molecule has 1 saturated heterocycles. The normalized spacial score (nSPS) is 15.3. The number of nitrogens with zero attached hydrogens (tertiary/aromatic N) is 2. The second-order valence-electron chi connectivity index (χ2n) is 6.73. The fourth-order valence-corrected chi connectivity index (χ4v) is 4.89. The summed E-state index contributed by atoms with van der Waals surface area (Å²) in [6, 6.07) is 13.0. The van der Waals surface area contributed by atoms with Crippen LogP contribution in [0.15, 0.2) is 53.4 Å². The molecular weight excluding hydrogens is 365 g/mol. The summed E-state index contributed by atoms with van der Waals surface area (Å²) in [5, 5.41) is 3.92. The van der Waals surface area contributed by atoms with Crippen molar-refractivity contribution in [2.24, 2.45) is 0 Å². The number of hydrogen-bond acceptors (Lipinski definition) is 4. The summed E-state index contributed by atoms with van der Waals surface area (Å²) in [6.07, 6.45) is 1.81. The molecule has 7 heteroatoms. The van der Waals surface area contributed by atoms with Crippen molar-refractivity contribution in [1.29, 1.82) is 0 Å². The van der Waals surface area contributed by atoms with Crippen molar-refractivity contribution in [3.05, 3.63) is 60.0 Å². The molecule has 0 radical (unpaired) electrons. The van der Waals surface area contributed by atoms with Crippen molar-refractivity contribution in [3.8, 4) is 0 Å². The van der Waals surface area contributed by atoms with Gasteiger partial charge < -0.3 is 5.32 Å². The van der Waals surface area contributed by atoms with Gasteiger partial charge in [-0.2, -0.15) is 4.31 Å². The molecule has 27 heavy (non-hydrogen) atoms. The number of rotatable bonds is 4. The zero-order chi connectivity index (χ0) is 19.0. The maximum absolute atomic E-state index is 13.7. The van der Waals surface area contributed by atoms with Gasteiger partial charge in [-0.15, -0.1) is 0 Å². The van der Waals surface area contributed by atoms with Gasteiger partial charge in [-0.1, -0.05) is 0 Å². The highest BCUT2D eigenvalue weighted by molar-refractivity contribution is 7.89. The molecule has 1 N–H and O–H groups in total. The summed E-state index contributed by atoms with van der Waals surface area (Å²) < 4.78 is 40.4. The van der Waals surface area contributed by atoms with Crippen LogP contribution in [0.25, 0.3) is 10.9 Å². The van der Waals surface area contributed by atoms with Crippen LogP contribution in [-0.2, 0) is 10.0 Å². The van der Waals surface area contributed by atoms with Crippen LogP contribution < -0.4 is 5.32 Å². The van der Waals surface area contributed by atoms with Gasteiger partial charge in [0.25, 0.3) is 0 Å². The van der Waals surface area contributed by atoms with Crippen molar-refractivity contribution < 1.29 is 12.8 Å². The molecule has 2 aromatic carbocycles. The number of aromatic nitrogens is 1. The van der Waals surface area contributed by atoms with Gasteiger partial charge in [-0.05, 0) is 68.3 Å². The van der Waals surface area contributed by atoms with E-state index in [1.54, 1.807) is 30.3 Å². The summed E-state index contributed by atoms with van der Waals surface area (Å²) in [4.78, 5) is 4.71. The van der Waals surface area contributed by atoms with E-state index in [4.69, 9.17) is 0 Å². The summed E-state index contributed by atoms with van der Waals surface area (Å²) in [7, 11) is -3.43. The first-order valence-corrected chi connectivity index (χ1v) is 10.3. The van der Waals surface area contributed by atoms with Gasteiger partial charge in [-0.3, -0.25) is 4.98 Å². The topological polar surface area (TPSA) is 62.3 Å². The predicted molar refractivity (Wildman–Crippen MR) is 104 cm³/mol. The Kier molecular flexibility index (Phi) is 4.57. The number of aryl methyl sites for hydroxylation is 1. The number of nitrogens with one attached hydrogen (secondary N) is 1. The first kappa shape index (κ1) is 17.9. The fourth-order valence-electron chi connectivity index (χ4n) is 3.38. The van der Waals surface area contributed by atoms with Crippen molar-refractivity contribution in [1.82, 2.24) is 9.29 Å². The summed E-state index contributed by atoms with van der Waals surface area (Å²) in [5.74, 6) is -0.330. The van der Waals surface area contributed by atoms with Crippen molar-refractivity contribution in [2.45, 2.75) is 24.7 Å². The smallest absolute Gasteiger partial charge is 0.243 e. The van der Waals surface area contributed by atoms with Crippen LogP contribution in [0.1, 0.15) is 18.5 Å². The largest absolute Gasteiger partial charge is 0.355 e. The van der Waals surface area contributed by atoms with Crippen LogP contribution in [0, 0.1) is 12.7 Å². The van der Waals surface area contributed by atoms with Crippen molar-refractivity contribution in [2.75, 3.05) is 18.4 Å². The quantitative estimate of drug-likeness (QED) is 0.731. The number of sulfonamides is 1. The minimum Gasteiger partial charge on any atom is -0.355 e. The maximum atomic E-state index is 13.7. The Labute approximate surface area is 157 Å². The van der Waals surface area contributed by atoms with Crippen molar-refractivity contribution >= 4 is 32.3 Å². The third-order valence-corrected chi connectivity index (χ3v) is 6.65. The van der Waals surface area contributed by atoms with Crippen LogP contribution in [-0.4, -0.2) is 30.8 Å². The van der Waals surface area contributed by atoms with Gasteiger partial charge in [0.05, 0.1) is 10.4 Å². The Morgan fingerprint density at radius 3 is 2.44 bits per heavy atom. The molecule has 5 nitrogen and oxygen atoms in total. The fraction of sp³-hybridized carbons (Fsp3) is 0.250. The number of halogens is 1. The van der Waals surface area contributed by atoms with E-state index in [1.807, 2.05) is 13.0 Å².